The van der Waals surface area contributed by atoms with Gasteiger partial charge < -0.3 is 10.4 Å². The molecular formula is C21H30INO3. The summed E-state index contributed by atoms with van der Waals surface area (Å²) in [5.74, 6) is 1.47. The van der Waals surface area contributed by atoms with Gasteiger partial charge in [-0.25, -0.2) is 0 Å². The standard InChI is InChI=1S/C21H30INO3/c1-12(24)21(26)17(22)11-16-14-5-4-13-10-18(25)23-9-8-19(13,2)15(14)6-7-20(16,21)3/h10,14-17,26H,4-9,11H2,1-3H3,(H,23,25)/t14-,15+,16+,17+,19+,20+,21-/m1/s1. The van der Waals surface area contributed by atoms with Crippen LogP contribution in [0.15, 0.2) is 11.6 Å². The van der Waals surface area contributed by atoms with Crippen molar-refractivity contribution in [1.29, 1.82) is 0 Å². The highest BCUT2D eigenvalue weighted by Gasteiger charge is 2.68. The smallest absolute Gasteiger partial charge is 0.243 e. The number of hydrogen-bond acceptors (Lipinski definition) is 3. The van der Waals surface area contributed by atoms with Gasteiger partial charge in [-0.1, -0.05) is 42.0 Å². The van der Waals surface area contributed by atoms with Gasteiger partial charge in [0.1, 0.15) is 5.60 Å². The fraction of sp³-hybridized carbons (Fsp3) is 0.810. The molecule has 0 aromatic heterocycles. The van der Waals surface area contributed by atoms with Crippen LogP contribution in [0.25, 0.3) is 0 Å². The first-order chi connectivity index (χ1) is 12.1. The number of carbonyl (C=O) groups is 2. The molecule has 0 unspecified atom stereocenters. The van der Waals surface area contributed by atoms with Crippen molar-refractivity contribution in [3.05, 3.63) is 11.6 Å². The SMILES string of the molecule is CC(=O)[C@@]1(O)[C@@H](I)C[C@H]2[C@@H]3CCC4=CC(=O)NCC[C@]4(C)[C@H]3CC[C@@]21C. The number of aliphatic hydroxyl groups is 1. The summed E-state index contributed by atoms with van der Waals surface area (Å²) < 4.78 is -0.00604. The molecule has 1 amide bonds. The highest BCUT2D eigenvalue weighted by molar-refractivity contribution is 14.1. The van der Waals surface area contributed by atoms with Crippen LogP contribution >= 0.6 is 22.6 Å². The second kappa shape index (κ2) is 6.03. The van der Waals surface area contributed by atoms with E-state index in [-0.39, 0.29) is 26.4 Å². The Morgan fingerprint density at radius 3 is 2.69 bits per heavy atom. The van der Waals surface area contributed by atoms with Crippen molar-refractivity contribution in [2.45, 2.75) is 68.8 Å². The van der Waals surface area contributed by atoms with Crippen LogP contribution in [0.3, 0.4) is 0 Å². The summed E-state index contributed by atoms with van der Waals surface area (Å²) in [6.07, 6.45) is 7.79. The predicted molar refractivity (Wildman–Crippen MR) is 109 cm³/mol. The van der Waals surface area contributed by atoms with E-state index in [2.05, 4.69) is 41.8 Å². The molecular weight excluding hydrogens is 441 g/mol. The minimum atomic E-state index is -1.19. The van der Waals surface area contributed by atoms with E-state index in [4.69, 9.17) is 0 Å². The molecule has 7 atom stereocenters. The van der Waals surface area contributed by atoms with Crippen LogP contribution in [0, 0.1) is 28.6 Å². The summed E-state index contributed by atoms with van der Waals surface area (Å²) in [6, 6.07) is 0. The molecule has 5 heteroatoms. The number of fused-ring (bicyclic) bond motifs is 5. The van der Waals surface area contributed by atoms with Crippen LogP contribution in [0.1, 0.15) is 59.3 Å². The number of rotatable bonds is 1. The molecule has 4 rings (SSSR count). The lowest BCUT2D eigenvalue weighted by Crippen LogP contribution is -2.58. The van der Waals surface area contributed by atoms with E-state index >= 15 is 0 Å². The normalized spacial score (nSPS) is 50.7. The lowest BCUT2D eigenvalue weighted by Gasteiger charge is -2.58. The molecule has 3 fully saturated rings. The number of halogens is 1. The number of amides is 1. The summed E-state index contributed by atoms with van der Waals surface area (Å²) >= 11 is 2.32. The zero-order valence-electron chi connectivity index (χ0n) is 16.0. The lowest BCUT2D eigenvalue weighted by molar-refractivity contribution is -0.158. The van der Waals surface area contributed by atoms with E-state index in [0.29, 0.717) is 17.8 Å². The van der Waals surface area contributed by atoms with Gasteiger partial charge >= 0.3 is 0 Å². The Kier molecular flexibility index (Phi) is 4.39. The summed E-state index contributed by atoms with van der Waals surface area (Å²) in [5.41, 5.74) is -0.118. The largest absolute Gasteiger partial charge is 0.380 e. The highest BCUT2D eigenvalue weighted by atomic mass is 127. The second-order valence-electron chi connectivity index (χ2n) is 9.53. The zero-order chi connectivity index (χ0) is 18.9. The minimum Gasteiger partial charge on any atom is -0.380 e. The average molecular weight is 471 g/mol. The monoisotopic (exact) mass is 471 g/mol. The topological polar surface area (TPSA) is 66.4 Å². The summed E-state index contributed by atoms with van der Waals surface area (Å²) in [4.78, 5) is 24.5. The number of alkyl halides is 1. The Labute approximate surface area is 169 Å². The molecule has 1 aliphatic heterocycles. The van der Waals surface area contributed by atoms with Crippen LogP contribution in [0.4, 0.5) is 0 Å². The molecule has 0 bridgehead atoms. The van der Waals surface area contributed by atoms with Crippen LogP contribution in [-0.2, 0) is 9.59 Å². The van der Waals surface area contributed by atoms with Gasteiger partial charge in [0.15, 0.2) is 5.78 Å². The average Bonchev–Trinajstić information content (AvgIpc) is 2.69. The molecule has 0 radical (unpaired) electrons. The molecule has 144 valence electrons. The summed E-state index contributed by atoms with van der Waals surface area (Å²) in [6.45, 7) is 6.83. The van der Waals surface area contributed by atoms with Gasteiger partial charge in [-0.05, 0) is 68.6 Å². The van der Waals surface area contributed by atoms with Crippen LogP contribution in [0.5, 0.6) is 0 Å². The van der Waals surface area contributed by atoms with Crippen molar-refractivity contribution in [3.8, 4) is 0 Å². The minimum absolute atomic E-state index is 0.00604. The molecule has 3 aliphatic carbocycles. The van der Waals surface area contributed by atoms with E-state index in [1.165, 1.54) is 5.57 Å². The Balaban J connectivity index is 1.72. The van der Waals surface area contributed by atoms with E-state index < -0.39 is 5.60 Å². The van der Waals surface area contributed by atoms with Crippen LogP contribution < -0.4 is 5.32 Å². The third-order valence-corrected chi connectivity index (χ3v) is 10.1. The van der Waals surface area contributed by atoms with Gasteiger partial charge in [0.05, 0.1) is 0 Å². The number of hydrogen-bond donors (Lipinski definition) is 2. The van der Waals surface area contributed by atoms with Crippen molar-refractivity contribution in [1.82, 2.24) is 5.32 Å². The summed E-state index contributed by atoms with van der Waals surface area (Å²) in [5, 5.41) is 14.4. The van der Waals surface area contributed by atoms with Gasteiger partial charge in [0.25, 0.3) is 0 Å². The molecule has 4 nitrogen and oxygen atoms in total. The number of nitrogens with one attached hydrogen (secondary N) is 1. The maximum atomic E-state index is 12.5. The molecule has 1 heterocycles. The molecule has 0 saturated heterocycles. The number of carbonyl (C=O) groups excluding carboxylic acids is 2. The lowest BCUT2D eigenvalue weighted by atomic mass is 9.47. The number of ketones is 1. The van der Waals surface area contributed by atoms with E-state index in [1.54, 1.807) is 6.92 Å². The molecule has 0 aromatic rings. The molecule has 4 aliphatic rings. The van der Waals surface area contributed by atoms with Gasteiger partial charge in [-0.15, -0.1) is 0 Å². The van der Waals surface area contributed by atoms with Crippen molar-refractivity contribution in [3.63, 3.8) is 0 Å². The van der Waals surface area contributed by atoms with Crippen molar-refractivity contribution < 1.29 is 14.7 Å². The Morgan fingerprint density at radius 1 is 1.27 bits per heavy atom. The first-order valence-electron chi connectivity index (χ1n) is 10.0. The zero-order valence-corrected chi connectivity index (χ0v) is 18.1. The second-order valence-corrected chi connectivity index (χ2v) is 11.0. The number of Topliss-reactive ketones (excluding diaryl/α,β-unsaturated/α-hetero) is 1. The first kappa shape index (κ1) is 18.9. The molecule has 3 saturated carbocycles. The fourth-order valence-electron chi connectivity index (χ4n) is 7.17. The van der Waals surface area contributed by atoms with Crippen LogP contribution in [-0.4, -0.2) is 32.9 Å². The van der Waals surface area contributed by atoms with Crippen LogP contribution in [0.2, 0.25) is 0 Å². The molecule has 2 N–H and O–H groups in total. The predicted octanol–water partition coefficient (Wildman–Crippen LogP) is 3.41. The van der Waals surface area contributed by atoms with E-state index in [9.17, 15) is 14.7 Å². The third-order valence-electron chi connectivity index (χ3n) is 8.70. The molecule has 0 spiro atoms. The van der Waals surface area contributed by atoms with Gasteiger partial charge in [0.2, 0.25) is 5.91 Å². The Morgan fingerprint density at radius 2 is 2.00 bits per heavy atom. The highest BCUT2D eigenvalue weighted by Crippen LogP contribution is 2.68. The van der Waals surface area contributed by atoms with Gasteiger partial charge in [-0.3, -0.25) is 9.59 Å². The maximum absolute atomic E-state index is 12.5. The maximum Gasteiger partial charge on any atom is 0.243 e. The molecule has 0 aromatic carbocycles. The van der Waals surface area contributed by atoms with Gasteiger partial charge in [-0.2, -0.15) is 0 Å². The third kappa shape index (κ3) is 2.28. The Hall–Kier alpha value is -0.430. The van der Waals surface area contributed by atoms with Crippen molar-refractivity contribution in [2.75, 3.05) is 6.54 Å². The summed E-state index contributed by atoms with van der Waals surface area (Å²) in [7, 11) is 0. The van der Waals surface area contributed by atoms with Crippen molar-refractivity contribution in [2.24, 2.45) is 28.6 Å². The van der Waals surface area contributed by atoms with Crippen molar-refractivity contribution >= 4 is 34.3 Å². The Bertz CT molecular complexity index is 691. The molecule has 26 heavy (non-hydrogen) atoms. The first-order valence-corrected chi connectivity index (χ1v) is 11.3. The fourth-order valence-corrected chi connectivity index (χ4v) is 8.86. The van der Waals surface area contributed by atoms with E-state index in [0.717, 1.165) is 45.1 Å². The van der Waals surface area contributed by atoms with E-state index in [1.807, 2.05) is 6.08 Å². The quantitative estimate of drug-likeness (QED) is 0.455. The number of allylic oxidation sites excluding steroid dienone is 1. The van der Waals surface area contributed by atoms with Gasteiger partial charge in [0, 0.05) is 22.0 Å².